The highest BCUT2D eigenvalue weighted by Crippen LogP contribution is 2.37. The molecule has 1 aliphatic heterocycles. The van der Waals surface area contributed by atoms with Crippen molar-refractivity contribution in [1.29, 1.82) is 0 Å². The lowest BCUT2D eigenvalue weighted by atomic mass is 9.90. The molecule has 3 aromatic rings. The highest BCUT2D eigenvalue weighted by molar-refractivity contribution is 6.43. The number of halogens is 2. The first-order chi connectivity index (χ1) is 15.5. The van der Waals surface area contributed by atoms with Gasteiger partial charge in [-0.25, -0.2) is 9.78 Å². The number of nitrogens with one attached hydrogen (secondary N) is 1. The number of carbonyl (C=O) groups is 1. The van der Waals surface area contributed by atoms with Crippen molar-refractivity contribution in [2.24, 2.45) is 0 Å². The number of rotatable bonds is 3. The molecule has 1 N–H and O–H groups in total. The van der Waals surface area contributed by atoms with Crippen LogP contribution in [0.4, 0.5) is 10.6 Å². The number of aromatic nitrogens is 4. The summed E-state index contributed by atoms with van der Waals surface area (Å²) in [5, 5.41) is 12.5. The third-order valence-corrected chi connectivity index (χ3v) is 6.60. The zero-order chi connectivity index (χ0) is 24.0. The lowest BCUT2D eigenvalue weighted by Crippen LogP contribution is -2.54. The molecule has 8 nitrogen and oxygen atoms in total. The minimum atomic E-state index is -0.532. The van der Waals surface area contributed by atoms with E-state index in [0.29, 0.717) is 28.8 Å². The lowest BCUT2D eigenvalue weighted by molar-refractivity contribution is 0.0448. The van der Waals surface area contributed by atoms with Crippen molar-refractivity contribution in [1.82, 2.24) is 24.9 Å². The molecule has 0 bridgehead atoms. The first kappa shape index (κ1) is 23.6. The van der Waals surface area contributed by atoms with Crippen LogP contribution in [0.3, 0.4) is 0 Å². The van der Waals surface area contributed by atoms with Gasteiger partial charge >= 0.3 is 6.09 Å². The van der Waals surface area contributed by atoms with Gasteiger partial charge in [0.1, 0.15) is 11.9 Å². The molecule has 10 heteroatoms. The largest absolute Gasteiger partial charge is 0.444 e. The molecular formula is C23H28Cl2N6O2. The van der Waals surface area contributed by atoms with E-state index in [1.54, 1.807) is 12.4 Å². The third-order valence-electron chi connectivity index (χ3n) is 5.78. The van der Waals surface area contributed by atoms with E-state index in [9.17, 15) is 4.79 Å². The maximum Gasteiger partial charge on any atom is 0.408 e. The maximum absolute atomic E-state index is 12.3. The fraction of sp³-hybridized carbons (Fsp3) is 0.478. The number of amides is 1. The number of carbonyl (C=O) groups excluding carboxylic acids is 1. The van der Waals surface area contributed by atoms with Crippen LogP contribution in [0.2, 0.25) is 10.0 Å². The normalized spacial score (nSPS) is 16.2. The smallest absolute Gasteiger partial charge is 0.408 e. The Balaban J connectivity index is 1.59. The number of alkyl carbamates (subject to hydrolysis) is 1. The van der Waals surface area contributed by atoms with Gasteiger partial charge in [-0.3, -0.25) is 4.40 Å². The van der Waals surface area contributed by atoms with E-state index >= 15 is 0 Å². The van der Waals surface area contributed by atoms with E-state index in [4.69, 9.17) is 32.9 Å². The average molecular weight is 491 g/mol. The van der Waals surface area contributed by atoms with Gasteiger partial charge in [-0.1, -0.05) is 35.3 Å². The van der Waals surface area contributed by atoms with E-state index in [2.05, 4.69) is 20.4 Å². The summed E-state index contributed by atoms with van der Waals surface area (Å²) in [6, 6.07) is 5.52. The van der Waals surface area contributed by atoms with Gasteiger partial charge in [0.25, 0.3) is 0 Å². The van der Waals surface area contributed by atoms with Crippen LogP contribution in [-0.2, 0) is 4.74 Å². The quantitative estimate of drug-likeness (QED) is 0.536. The van der Waals surface area contributed by atoms with E-state index in [1.165, 1.54) is 0 Å². The summed E-state index contributed by atoms with van der Waals surface area (Å²) in [6.45, 7) is 11.0. The summed E-state index contributed by atoms with van der Waals surface area (Å²) in [6.07, 6.45) is 2.76. The number of nitrogens with zero attached hydrogens (tertiary/aromatic N) is 5. The van der Waals surface area contributed by atoms with Crippen LogP contribution in [0.5, 0.6) is 0 Å². The van der Waals surface area contributed by atoms with Crippen molar-refractivity contribution in [2.75, 3.05) is 18.0 Å². The molecule has 0 radical (unpaired) electrons. The van der Waals surface area contributed by atoms with Crippen molar-refractivity contribution < 1.29 is 9.53 Å². The molecule has 0 saturated carbocycles. The fourth-order valence-electron chi connectivity index (χ4n) is 4.10. The highest BCUT2D eigenvalue weighted by atomic mass is 35.5. The van der Waals surface area contributed by atoms with Crippen molar-refractivity contribution in [3.8, 4) is 11.3 Å². The lowest BCUT2D eigenvalue weighted by Gasteiger charge is -2.40. The monoisotopic (exact) mass is 490 g/mol. The van der Waals surface area contributed by atoms with Crippen molar-refractivity contribution in [3.63, 3.8) is 0 Å². The van der Waals surface area contributed by atoms with Gasteiger partial charge in [-0.05, 0) is 53.5 Å². The van der Waals surface area contributed by atoms with Crippen molar-refractivity contribution in [2.45, 2.75) is 58.6 Å². The molecule has 176 valence electrons. The Morgan fingerprint density at radius 3 is 2.58 bits per heavy atom. The molecule has 0 spiro atoms. The van der Waals surface area contributed by atoms with Crippen LogP contribution in [-0.4, -0.2) is 49.9 Å². The van der Waals surface area contributed by atoms with Crippen LogP contribution >= 0.6 is 23.2 Å². The van der Waals surface area contributed by atoms with Crippen LogP contribution in [0, 0.1) is 6.92 Å². The van der Waals surface area contributed by atoms with Gasteiger partial charge in [0.15, 0.2) is 5.82 Å². The molecular weight excluding hydrogens is 463 g/mol. The predicted molar refractivity (Wildman–Crippen MR) is 130 cm³/mol. The number of anilines is 1. The first-order valence-electron chi connectivity index (χ1n) is 10.9. The SMILES string of the molecule is Cc1nc(N2CCC(C)(NC(=O)OC(C)(C)C)CC2)c2nncn2c1-c1cccc(Cl)c1Cl. The number of benzene rings is 1. The molecule has 0 atom stereocenters. The van der Waals surface area contributed by atoms with Gasteiger partial charge in [0.05, 0.1) is 21.4 Å². The Morgan fingerprint density at radius 2 is 1.91 bits per heavy atom. The van der Waals surface area contributed by atoms with E-state index in [1.807, 2.05) is 51.2 Å². The van der Waals surface area contributed by atoms with Crippen LogP contribution in [0.15, 0.2) is 24.5 Å². The van der Waals surface area contributed by atoms with Crippen molar-refractivity contribution >= 4 is 40.8 Å². The van der Waals surface area contributed by atoms with Crippen molar-refractivity contribution in [3.05, 3.63) is 40.3 Å². The van der Waals surface area contributed by atoms with E-state index in [-0.39, 0.29) is 5.54 Å². The van der Waals surface area contributed by atoms with Crippen LogP contribution in [0.25, 0.3) is 16.9 Å². The van der Waals surface area contributed by atoms with Gasteiger partial charge in [-0.2, -0.15) is 0 Å². The Hall–Kier alpha value is -2.58. The number of fused-ring (bicyclic) bond motifs is 1. The fourth-order valence-corrected chi connectivity index (χ4v) is 4.49. The van der Waals surface area contributed by atoms with Gasteiger partial charge < -0.3 is 15.0 Å². The molecule has 1 saturated heterocycles. The molecule has 1 amide bonds. The topological polar surface area (TPSA) is 84.7 Å². The molecule has 3 heterocycles. The van der Waals surface area contributed by atoms with Gasteiger partial charge in [0.2, 0.25) is 5.65 Å². The molecule has 4 rings (SSSR count). The molecule has 1 aromatic carbocycles. The summed E-state index contributed by atoms with van der Waals surface area (Å²) < 4.78 is 7.34. The average Bonchev–Trinajstić information content (AvgIpc) is 3.18. The third kappa shape index (κ3) is 4.87. The second kappa shape index (κ2) is 8.65. The van der Waals surface area contributed by atoms with Gasteiger partial charge in [-0.15, -0.1) is 10.2 Å². The number of piperidine rings is 1. The first-order valence-corrected chi connectivity index (χ1v) is 11.6. The minimum absolute atomic E-state index is 0.355. The molecule has 0 unspecified atom stereocenters. The van der Waals surface area contributed by atoms with Gasteiger partial charge in [0, 0.05) is 24.2 Å². The van der Waals surface area contributed by atoms with Crippen LogP contribution < -0.4 is 10.2 Å². The maximum atomic E-state index is 12.3. The highest BCUT2D eigenvalue weighted by Gasteiger charge is 2.34. The molecule has 33 heavy (non-hydrogen) atoms. The number of hydrogen-bond acceptors (Lipinski definition) is 6. The Bertz CT molecular complexity index is 1200. The Morgan fingerprint density at radius 1 is 1.21 bits per heavy atom. The number of hydrogen-bond donors (Lipinski definition) is 1. The summed E-state index contributed by atoms with van der Waals surface area (Å²) in [5.41, 5.74) is 2.14. The predicted octanol–water partition coefficient (Wildman–Crippen LogP) is 5.29. The summed E-state index contributed by atoms with van der Waals surface area (Å²) in [4.78, 5) is 19.4. The Labute approximate surface area is 203 Å². The molecule has 2 aromatic heterocycles. The Kier molecular flexibility index (Phi) is 6.18. The van der Waals surface area contributed by atoms with E-state index in [0.717, 1.165) is 35.6 Å². The zero-order valence-corrected chi connectivity index (χ0v) is 21.0. The zero-order valence-electron chi connectivity index (χ0n) is 19.4. The minimum Gasteiger partial charge on any atom is -0.444 e. The second-order valence-electron chi connectivity index (χ2n) is 9.67. The standard InChI is InChI=1S/C23H28Cl2N6O2/c1-14-18(15-7-6-8-16(24)17(15)25)31-13-26-29-20(31)19(27-14)30-11-9-23(5,10-12-30)28-21(32)33-22(2,3)4/h6-8,13H,9-12H2,1-5H3,(H,28,32). The molecule has 1 aliphatic rings. The van der Waals surface area contributed by atoms with Crippen LogP contribution in [0.1, 0.15) is 46.2 Å². The summed E-state index contributed by atoms with van der Waals surface area (Å²) in [7, 11) is 0. The second-order valence-corrected chi connectivity index (χ2v) is 10.5. The summed E-state index contributed by atoms with van der Waals surface area (Å²) in [5.74, 6) is 0.756. The summed E-state index contributed by atoms with van der Waals surface area (Å²) >= 11 is 12.8. The number of aryl methyl sites for hydroxylation is 1. The van der Waals surface area contributed by atoms with E-state index < -0.39 is 11.7 Å². The molecule has 1 fully saturated rings. The molecule has 0 aliphatic carbocycles. The number of ether oxygens (including phenoxy) is 1.